The molecule has 0 saturated carbocycles. The van der Waals surface area contributed by atoms with E-state index < -0.39 is 0 Å². The summed E-state index contributed by atoms with van der Waals surface area (Å²) >= 11 is 3.28. The van der Waals surface area contributed by atoms with Gasteiger partial charge < -0.3 is 10.5 Å². The SMILES string of the molecule is Bc1cnn(-c2cccc(OCCCN)c2)c(=O)c1Br. The maximum atomic E-state index is 12.2. The van der Waals surface area contributed by atoms with Gasteiger partial charge in [0, 0.05) is 12.3 Å². The van der Waals surface area contributed by atoms with Crippen molar-refractivity contribution in [3.8, 4) is 11.4 Å². The molecule has 7 heteroatoms. The van der Waals surface area contributed by atoms with Gasteiger partial charge in [0.2, 0.25) is 0 Å². The van der Waals surface area contributed by atoms with Gasteiger partial charge in [0.1, 0.15) is 13.6 Å². The fourth-order valence-corrected chi connectivity index (χ4v) is 1.95. The fraction of sp³-hybridized carbons (Fsp3) is 0.231. The molecule has 2 rings (SSSR count). The predicted octanol–water partition coefficient (Wildman–Crippen LogP) is -0.0190. The molecule has 2 aromatic rings. The van der Waals surface area contributed by atoms with Gasteiger partial charge in [-0.05, 0) is 46.5 Å². The Morgan fingerprint density at radius 1 is 1.45 bits per heavy atom. The lowest BCUT2D eigenvalue weighted by Crippen LogP contribution is -2.28. The van der Waals surface area contributed by atoms with Gasteiger partial charge in [-0.25, -0.2) is 0 Å². The normalized spacial score (nSPS) is 10.5. The van der Waals surface area contributed by atoms with E-state index in [1.165, 1.54) is 4.68 Å². The van der Waals surface area contributed by atoms with E-state index >= 15 is 0 Å². The minimum Gasteiger partial charge on any atom is -0.493 e. The number of halogens is 1. The van der Waals surface area contributed by atoms with Gasteiger partial charge in [-0.3, -0.25) is 4.79 Å². The standard InChI is InChI=1S/C13H15BBrN3O2/c14-11-8-17-18(13(19)12(11)15)9-3-1-4-10(7-9)20-6-2-5-16/h1,3-4,7-8H,2,5-6,14,16H2. The van der Waals surface area contributed by atoms with Crippen LogP contribution in [0.1, 0.15) is 6.42 Å². The van der Waals surface area contributed by atoms with Crippen molar-refractivity contribution in [1.29, 1.82) is 0 Å². The van der Waals surface area contributed by atoms with Gasteiger partial charge >= 0.3 is 0 Å². The number of rotatable bonds is 5. The second-order valence-corrected chi connectivity index (χ2v) is 5.14. The Bertz CT molecular complexity index is 660. The summed E-state index contributed by atoms with van der Waals surface area (Å²) in [5.74, 6) is 0.696. The first-order chi connectivity index (χ1) is 9.63. The molecule has 0 bridgehead atoms. The van der Waals surface area contributed by atoms with Crippen LogP contribution in [-0.2, 0) is 0 Å². The number of nitrogens with zero attached hydrogens (tertiary/aromatic N) is 2. The highest BCUT2D eigenvalue weighted by molar-refractivity contribution is 9.10. The summed E-state index contributed by atoms with van der Waals surface area (Å²) in [4.78, 5) is 12.2. The Balaban J connectivity index is 2.32. The van der Waals surface area contributed by atoms with Crippen LogP contribution >= 0.6 is 15.9 Å². The number of ether oxygens (including phenoxy) is 1. The molecule has 0 aliphatic rings. The molecule has 0 radical (unpaired) electrons. The Morgan fingerprint density at radius 3 is 3.00 bits per heavy atom. The molecule has 2 N–H and O–H groups in total. The molecular formula is C13H15BBrN3O2. The number of benzene rings is 1. The zero-order valence-electron chi connectivity index (χ0n) is 11.2. The predicted molar refractivity (Wildman–Crippen MR) is 84.9 cm³/mol. The van der Waals surface area contributed by atoms with E-state index in [4.69, 9.17) is 10.5 Å². The Hall–Kier alpha value is -1.60. The topological polar surface area (TPSA) is 70.1 Å². The monoisotopic (exact) mass is 335 g/mol. The number of nitrogens with two attached hydrogens (primary N) is 1. The average molecular weight is 336 g/mol. The molecule has 1 aromatic heterocycles. The summed E-state index contributed by atoms with van der Waals surface area (Å²) in [6, 6.07) is 7.27. The number of aromatic nitrogens is 2. The lowest BCUT2D eigenvalue weighted by molar-refractivity contribution is 0.313. The molecule has 0 aliphatic heterocycles. The van der Waals surface area contributed by atoms with Gasteiger partial charge in [0.05, 0.1) is 16.8 Å². The van der Waals surface area contributed by atoms with Crippen LogP contribution < -0.4 is 21.5 Å². The fourth-order valence-electron chi connectivity index (χ4n) is 1.68. The van der Waals surface area contributed by atoms with Crippen molar-refractivity contribution in [3.63, 3.8) is 0 Å². The second kappa shape index (κ2) is 6.72. The molecule has 0 amide bonds. The van der Waals surface area contributed by atoms with Crippen LogP contribution in [0.3, 0.4) is 0 Å². The maximum absolute atomic E-state index is 12.2. The summed E-state index contributed by atoms with van der Waals surface area (Å²) in [5, 5.41) is 4.15. The summed E-state index contributed by atoms with van der Waals surface area (Å²) in [5.41, 5.74) is 6.71. The van der Waals surface area contributed by atoms with Crippen molar-refractivity contribution in [2.24, 2.45) is 5.73 Å². The summed E-state index contributed by atoms with van der Waals surface area (Å²) in [6.07, 6.45) is 2.44. The lowest BCUT2D eigenvalue weighted by Gasteiger charge is -2.09. The van der Waals surface area contributed by atoms with Crippen LogP contribution in [0.5, 0.6) is 5.75 Å². The van der Waals surface area contributed by atoms with Crippen LogP contribution in [0.25, 0.3) is 5.69 Å². The van der Waals surface area contributed by atoms with Crippen LogP contribution in [0.4, 0.5) is 0 Å². The highest BCUT2D eigenvalue weighted by Crippen LogP contribution is 2.15. The first-order valence-corrected chi connectivity index (χ1v) is 7.10. The Labute approximate surface area is 126 Å². The van der Waals surface area contributed by atoms with E-state index in [2.05, 4.69) is 21.0 Å². The van der Waals surface area contributed by atoms with E-state index in [0.29, 0.717) is 29.1 Å². The molecule has 0 saturated heterocycles. The van der Waals surface area contributed by atoms with Crippen molar-refractivity contribution in [2.75, 3.05) is 13.2 Å². The van der Waals surface area contributed by atoms with Crippen LogP contribution in [0.2, 0.25) is 0 Å². The molecule has 0 unspecified atom stereocenters. The molecule has 20 heavy (non-hydrogen) atoms. The minimum atomic E-state index is -0.191. The van der Waals surface area contributed by atoms with Gasteiger partial charge in [-0.2, -0.15) is 9.78 Å². The Morgan fingerprint density at radius 2 is 2.25 bits per heavy atom. The third kappa shape index (κ3) is 3.29. The van der Waals surface area contributed by atoms with Crippen molar-refractivity contribution in [2.45, 2.75) is 6.42 Å². The van der Waals surface area contributed by atoms with Gasteiger partial charge in [-0.1, -0.05) is 6.07 Å². The lowest BCUT2D eigenvalue weighted by atomic mass is 10.00. The molecule has 0 atom stereocenters. The molecule has 5 nitrogen and oxygen atoms in total. The molecule has 1 heterocycles. The van der Waals surface area contributed by atoms with Crippen LogP contribution in [0.15, 0.2) is 39.7 Å². The third-order valence-corrected chi connectivity index (χ3v) is 3.74. The van der Waals surface area contributed by atoms with Crippen molar-refractivity contribution in [3.05, 3.63) is 45.3 Å². The van der Waals surface area contributed by atoms with Crippen molar-refractivity contribution in [1.82, 2.24) is 9.78 Å². The Kier molecular flexibility index (Phi) is 4.97. The van der Waals surface area contributed by atoms with Crippen LogP contribution in [0, 0.1) is 0 Å². The maximum Gasteiger partial charge on any atom is 0.285 e. The highest BCUT2D eigenvalue weighted by Gasteiger charge is 2.08. The molecule has 1 aromatic carbocycles. The van der Waals surface area contributed by atoms with Gasteiger partial charge in [0.25, 0.3) is 5.56 Å². The summed E-state index contributed by atoms with van der Waals surface area (Å²) in [6.45, 7) is 1.14. The number of hydrogen-bond acceptors (Lipinski definition) is 4. The van der Waals surface area contributed by atoms with Crippen molar-refractivity contribution < 1.29 is 4.74 Å². The first-order valence-electron chi connectivity index (χ1n) is 6.31. The average Bonchev–Trinajstić information content (AvgIpc) is 2.46. The first kappa shape index (κ1) is 14.8. The molecular weight excluding hydrogens is 321 g/mol. The molecule has 104 valence electrons. The smallest absolute Gasteiger partial charge is 0.285 e. The van der Waals surface area contributed by atoms with E-state index in [9.17, 15) is 4.79 Å². The van der Waals surface area contributed by atoms with E-state index in [1.807, 2.05) is 26.0 Å². The molecule has 0 spiro atoms. The van der Waals surface area contributed by atoms with Crippen molar-refractivity contribution >= 4 is 29.2 Å². The number of hydrogen-bond donors (Lipinski definition) is 1. The largest absolute Gasteiger partial charge is 0.493 e. The van der Waals surface area contributed by atoms with E-state index in [-0.39, 0.29) is 5.56 Å². The van der Waals surface area contributed by atoms with E-state index in [1.54, 1.807) is 12.3 Å². The van der Waals surface area contributed by atoms with Gasteiger partial charge in [0.15, 0.2) is 0 Å². The summed E-state index contributed by atoms with van der Waals surface area (Å²) < 4.78 is 7.42. The third-order valence-electron chi connectivity index (χ3n) is 2.77. The zero-order chi connectivity index (χ0) is 14.5. The molecule has 0 fully saturated rings. The van der Waals surface area contributed by atoms with Gasteiger partial charge in [-0.15, -0.1) is 0 Å². The quantitative estimate of drug-likeness (QED) is 0.616. The summed E-state index contributed by atoms with van der Waals surface area (Å²) in [7, 11) is 1.83. The zero-order valence-corrected chi connectivity index (χ0v) is 12.8. The second-order valence-electron chi connectivity index (χ2n) is 4.35. The van der Waals surface area contributed by atoms with E-state index in [0.717, 1.165) is 11.9 Å². The van der Waals surface area contributed by atoms with Crippen LogP contribution in [-0.4, -0.2) is 30.8 Å². The minimum absolute atomic E-state index is 0.191. The molecule has 0 aliphatic carbocycles. The highest BCUT2D eigenvalue weighted by atomic mass is 79.9.